The Bertz CT molecular complexity index is 1920. The average molecular weight is 628 g/mol. The summed E-state index contributed by atoms with van der Waals surface area (Å²) in [7, 11) is -3.70. The van der Waals surface area contributed by atoms with Crippen LogP contribution in [0.3, 0.4) is 0 Å². The van der Waals surface area contributed by atoms with E-state index in [2.05, 4.69) is 41.7 Å². The average Bonchev–Trinajstić information content (AvgIpc) is 3.66. The summed E-state index contributed by atoms with van der Waals surface area (Å²) < 4.78 is 34.7. The third-order valence-corrected chi connectivity index (χ3v) is 10.1. The van der Waals surface area contributed by atoms with E-state index in [0.29, 0.717) is 36.0 Å². The zero-order chi connectivity index (χ0) is 31.8. The molecule has 3 heterocycles. The van der Waals surface area contributed by atoms with Gasteiger partial charge in [0.1, 0.15) is 16.2 Å². The van der Waals surface area contributed by atoms with Crippen LogP contribution in [0.4, 0.5) is 16.3 Å². The van der Waals surface area contributed by atoms with E-state index < -0.39 is 10.0 Å². The molecule has 2 N–H and O–H groups in total. The number of anilines is 2. The summed E-state index contributed by atoms with van der Waals surface area (Å²) in [5.41, 5.74) is 5.18. The maximum absolute atomic E-state index is 13.3. The minimum atomic E-state index is -3.70. The first-order chi connectivity index (χ1) is 21.5. The number of aryl methyl sites for hydroxylation is 1. The van der Waals surface area contributed by atoms with Crippen molar-refractivity contribution in [1.29, 1.82) is 0 Å². The van der Waals surface area contributed by atoms with E-state index in [9.17, 15) is 13.2 Å². The predicted molar refractivity (Wildman–Crippen MR) is 173 cm³/mol. The Labute approximate surface area is 262 Å². The number of hydrogen-bond acceptors (Lipinski definition) is 7. The van der Waals surface area contributed by atoms with Crippen LogP contribution in [-0.2, 0) is 21.9 Å². The Morgan fingerprint density at radius 1 is 0.956 bits per heavy atom. The Hall–Kier alpha value is -4.55. The second kappa shape index (κ2) is 12.1. The first kappa shape index (κ1) is 30.5. The molecule has 45 heavy (non-hydrogen) atoms. The number of piperidine rings is 1. The van der Waals surface area contributed by atoms with Gasteiger partial charge in [-0.05, 0) is 84.4 Å². The summed E-state index contributed by atoms with van der Waals surface area (Å²) >= 11 is 0. The molecule has 5 aromatic rings. The number of rotatable bonds is 7. The summed E-state index contributed by atoms with van der Waals surface area (Å²) in [5.74, 6) is 0.933. The fourth-order valence-electron chi connectivity index (χ4n) is 5.54. The summed E-state index contributed by atoms with van der Waals surface area (Å²) in [6, 6.07) is 22.2. The number of nitrogens with one attached hydrogen (secondary N) is 2. The third-order valence-electron chi connectivity index (χ3n) is 8.17. The van der Waals surface area contributed by atoms with E-state index in [-0.39, 0.29) is 21.9 Å². The van der Waals surface area contributed by atoms with E-state index in [4.69, 9.17) is 9.73 Å². The summed E-state index contributed by atoms with van der Waals surface area (Å²) in [4.78, 5) is 13.1. The molecule has 0 spiro atoms. The molecule has 1 fully saturated rings. The number of nitrogens with zero attached hydrogens (tertiary/aromatic N) is 5. The highest BCUT2D eigenvalue weighted by molar-refractivity contribution is 7.89. The van der Waals surface area contributed by atoms with Gasteiger partial charge in [0, 0.05) is 30.3 Å². The monoisotopic (exact) mass is 627 g/mol. The normalized spacial score (nSPS) is 14.9. The van der Waals surface area contributed by atoms with Crippen molar-refractivity contribution < 1.29 is 17.8 Å². The third kappa shape index (κ3) is 6.62. The molecule has 234 valence electrons. The van der Waals surface area contributed by atoms with E-state index in [1.54, 1.807) is 22.9 Å². The van der Waals surface area contributed by atoms with Gasteiger partial charge in [-0.1, -0.05) is 56.7 Å². The molecule has 0 atom stereocenters. The fourth-order valence-corrected chi connectivity index (χ4v) is 7.14. The van der Waals surface area contributed by atoms with Crippen LogP contribution in [-0.4, -0.2) is 51.9 Å². The van der Waals surface area contributed by atoms with E-state index in [0.717, 1.165) is 41.8 Å². The van der Waals surface area contributed by atoms with Crippen molar-refractivity contribution in [1.82, 2.24) is 24.4 Å². The number of sulfonamides is 1. The molecule has 0 radical (unpaired) electrons. The van der Waals surface area contributed by atoms with Crippen molar-refractivity contribution in [3.05, 3.63) is 89.6 Å². The molecule has 1 aliphatic heterocycles. The predicted octanol–water partition coefficient (Wildman–Crippen LogP) is 6.30. The Morgan fingerprint density at radius 2 is 1.67 bits per heavy atom. The summed E-state index contributed by atoms with van der Waals surface area (Å²) in [6.45, 7) is 9.16. The van der Waals surface area contributed by atoms with E-state index >= 15 is 0 Å². The lowest BCUT2D eigenvalue weighted by Crippen LogP contribution is -2.39. The summed E-state index contributed by atoms with van der Waals surface area (Å²) in [5, 5.41) is 18.2. The van der Waals surface area contributed by atoms with Crippen molar-refractivity contribution in [2.45, 2.75) is 57.3 Å². The fraction of sp³-hybridized carbons (Fsp3) is 0.333. The zero-order valence-electron chi connectivity index (χ0n) is 25.8. The van der Waals surface area contributed by atoms with Crippen LogP contribution < -0.4 is 10.6 Å². The lowest BCUT2D eigenvalue weighted by atomic mass is 9.91. The molecule has 1 aliphatic rings. The quantitative estimate of drug-likeness (QED) is 0.216. The Balaban J connectivity index is 1.05. The number of carbonyl (C=O) groups is 1. The molecule has 0 unspecified atom stereocenters. The van der Waals surface area contributed by atoms with E-state index in [1.807, 2.05) is 61.5 Å². The van der Waals surface area contributed by atoms with Gasteiger partial charge >= 0.3 is 6.03 Å². The van der Waals surface area contributed by atoms with Crippen molar-refractivity contribution in [2.75, 3.05) is 23.7 Å². The Kier molecular flexibility index (Phi) is 8.19. The molecule has 6 rings (SSSR count). The SMILES string of the molecule is Cc1ccc(-n2nc(C(C)(C)C)cc2NC(=O)Nc2ccc(CC3CCN(S(=O)(=O)c4cccc5nonc45)CC3)cc2)cc1. The van der Waals surface area contributed by atoms with Gasteiger partial charge in [-0.3, -0.25) is 5.32 Å². The van der Waals surface area contributed by atoms with Crippen LogP contribution in [0.1, 0.15) is 50.4 Å². The molecule has 0 aliphatic carbocycles. The molecule has 0 bridgehead atoms. The van der Waals surface area contributed by atoms with Crippen LogP contribution in [0.15, 0.2) is 82.3 Å². The van der Waals surface area contributed by atoms with Crippen LogP contribution >= 0.6 is 0 Å². The zero-order valence-corrected chi connectivity index (χ0v) is 26.6. The molecule has 2 amide bonds. The highest BCUT2D eigenvalue weighted by Gasteiger charge is 2.31. The second-order valence-electron chi connectivity index (χ2n) is 12.6. The number of benzene rings is 3. The highest BCUT2D eigenvalue weighted by Crippen LogP contribution is 2.30. The minimum absolute atomic E-state index is 0.126. The largest absolute Gasteiger partial charge is 0.324 e. The van der Waals surface area contributed by atoms with Gasteiger partial charge in [0.25, 0.3) is 0 Å². The van der Waals surface area contributed by atoms with Gasteiger partial charge in [0.2, 0.25) is 10.0 Å². The van der Waals surface area contributed by atoms with Crippen molar-refractivity contribution in [2.24, 2.45) is 5.92 Å². The van der Waals surface area contributed by atoms with Crippen LogP contribution in [0.2, 0.25) is 0 Å². The Morgan fingerprint density at radius 3 is 2.36 bits per heavy atom. The second-order valence-corrected chi connectivity index (χ2v) is 14.5. The smallest absolute Gasteiger partial charge is 0.308 e. The molecule has 3 aromatic carbocycles. The van der Waals surface area contributed by atoms with Crippen molar-refractivity contribution >= 4 is 38.6 Å². The lowest BCUT2D eigenvalue weighted by Gasteiger charge is -2.31. The van der Waals surface area contributed by atoms with E-state index in [1.165, 1.54) is 4.31 Å². The highest BCUT2D eigenvalue weighted by atomic mass is 32.2. The van der Waals surface area contributed by atoms with Gasteiger partial charge in [-0.15, -0.1) is 0 Å². The topological polar surface area (TPSA) is 135 Å². The number of carbonyl (C=O) groups excluding carboxylic acids is 1. The molecule has 1 saturated heterocycles. The van der Waals surface area contributed by atoms with Crippen molar-refractivity contribution in [3.63, 3.8) is 0 Å². The van der Waals surface area contributed by atoms with Gasteiger partial charge in [-0.2, -0.15) is 9.40 Å². The maximum Gasteiger partial charge on any atom is 0.324 e. The molecular weight excluding hydrogens is 590 g/mol. The van der Waals surface area contributed by atoms with Crippen LogP contribution in [0.25, 0.3) is 16.7 Å². The maximum atomic E-state index is 13.3. The minimum Gasteiger partial charge on any atom is -0.308 e. The first-order valence-electron chi connectivity index (χ1n) is 15.0. The molecule has 11 nitrogen and oxygen atoms in total. The number of amides is 2. The number of urea groups is 1. The number of aromatic nitrogens is 4. The molecule has 2 aromatic heterocycles. The van der Waals surface area contributed by atoms with Crippen molar-refractivity contribution in [3.8, 4) is 5.69 Å². The lowest BCUT2D eigenvalue weighted by molar-refractivity contribution is 0.262. The molecule has 12 heteroatoms. The number of hydrogen-bond donors (Lipinski definition) is 2. The first-order valence-corrected chi connectivity index (χ1v) is 16.5. The van der Waals surface area contributed by atoms with Gasteiger partial charge < -0.3 is 5.32 Å². The van der Waals surface area contributed by atoms with Gasteiger partial charge in [0.15, 0.2) is 5.52 Å². The number of fused-ring (bicyclic) bond motifs is 1. The standard InChI is InChI=1S/C33H37N7O4S/c1-22-8-14-26(15-9-22)40-30(21-29(36-40)33(2,3)4)35-32(41)34-25-12-10-23(11-13-25)20-24-16-18-39(19-17-24)45(42,43)28-7-5-6-27-31(28)38-44-37-27/h5-15,21,24H,16-20H2,1-4H3,(H2,34,35,41). The van der Waals surface area contributed by atoms with Gasteiger partial charge in [0.05, 0.1) is 11.4 Å². The van der Waals surface area contributed by atoms with Gasteiger partial charge in [-0.25, -0.2) is 22.5 Å². The molecule has 0 saturated carbocycles. The van der Waals surface area contributed by atoms with Crippen LogP contribution in [0.5, 0.6) is 0 Å². The summed E-state index contributed by atoms with van der Waals surface area (Å²) in [6.07, 6.45) is 2.33. The van der Waals surface area contributed by atoms with Crippen LogP contribution in [0, 0.1) is 12.8 Å². The molecular formula is C33H37N7O4S.